The zero-order valence-corrected chi connectivity index (χ0v) is 14.1. The maximum Gasteiger partial charge on any atom is 0.437 e. The average Bonchev–Trinajstić information content (AvgIpc) is 2.71. The number of nitrogens with one attached hydrogen (secondary N) is 1. The van der Waals surface area contributed by atoms with Crippen LogP contribution in [0.25, 0.3) is 0 Å². The number of rotatable bonds is 5. The first kappa shape index (κ1) is 18.0. The van der Waals surface area contributed by atoms with Gasteiger partial charge in [0.15, 0.2) is 5.71 Å². The number of Topliss-reactive ketones (excluding diaryl/α,β-unsaturated/α-hetero) is 1. The van der Waals surface area contributed by atoms with Gasteiger partial charge in [0, 0.05) is 16.8 Å². The summed E-state index contributed by atoms with van der Waals surface area (Å²) in [6.07, 6.45) is -0.893. The van der Waals surface area contributed by atoms with Gasteiger partial charge in [0.1, 0.15) is 5.82 Å². The standard InChI is InChI=1S/C21H15FN2O3/c22-17-11-13-18(14-12-17)23-21(26)27-24-19(15-7-3-1-4-8-15)20(25)16-9-5-2-6-10-16/h1-14H,(H,23,26). The van der Waals surface area contributed by atoms with Gasteiger partial charge in [-0.05, 0) is 24.3 Å². The van der Waals surface area contributed by atoms with Gasteiger partial charge in [-0.2, -0.15) is 0 Å². The maximum absolute atomic E-state index is 12.9. The van der Waals surface area contributed by atoms with Crippen molar-refractivity contribution in [2.45, 2.75) is 0 Å². The molecule has 0 aliphatic rings. The number of nitrogens with zero attached hydrogens (tertiary/aromatic N) is 1. The van der Waals surface area contributed by atoms with Crippen LogP contribution in [0, 0.1) is 5.82 Å². The Bertz CT molecular complexity index is 956. The summed E-state index contributed by atoms with van der Waals surface area (Å²) in [6.45, 7) is 0. The van der Waals surface area contributed by atoms with Crippen LogP contribution in [0.3, 0.4) is 0 Å². The number of carbonyl (C=O) groups excluding carboxylic acids is 2. The van der Waals surface area contributed by atoms with Gasteiger partial charge in [-0.15, -0.1) is 0 Å². The van der Waals surface area contributed by atoms with E-state index in [1.54, 1.807) is 60.7 Å². The fourth-order valence-corrected chi connectivity index (χ4v) is 2.31. The molecule has 0 aliphatic heterocycles. The van der Waals surface area contributed by atoms with Gasteiger partial charge in [-0.1, -0.05) is 65.8 Å². The first-order valence-corrected chi connectivity index (χ1v) is 8.10. The summed E-state index contributed by atoms with van der Waals surface area (Å²) in [5.74, 6) is -0.803. The summed E-state index contributed by atoms with van der Waals surface area (Å²) in [5, 5.41) is 6.17. The van der Waals surface area contributed by atoms with Gasteiger partial charge >= 0.3 is 6.09 Å². The lowest BCUT2D eigenvalue weighted by Gasteiger charge is -2.07. The van der Waals surface area contributed by atoms with Gasteiger partial charge in [0.25, 0.3) is 0 Å². The molecular formula is C21H15FN2O3. The van der Waals surface area contributed by atoms with E-state index in [1.807, 2.05) is 0 Å². The Morgan fingerprint density at radius 3 is 1.93 bits per heavy atom. The normalized spacial score (nSPS) is 10.9. The Hall–Kier alpha value is -3.80. The summed E-state index contributed by atoms with van der Waals surface area (Å²) in [7, 11) is 0. The molecule has 3 aromatic rings. The summed E-state index contributed by atoms with van der Waals surface area (Å²) in [5.41, 5.74) is 1.27. The maximum atomic E-state index is 12.9. The monoisotopic (exact) mass is 362 g/mol. The van der Waals surface area contributed by atoms with Crippen molar-refractivity contribution in [3.8, 4) is 0 Å². The van der Waals surface area contributed by atoms with E-state index < -0.39 is 11.9 Å². The molecule has 6 heteroatoms. The molecule has 0 radical (unpaired) electrons. The molecule has 0 saturated carbocycles. The molecule has 0 aliphatic carbocycles. The lowest BCUT2D eigenvalue weighted by atomic mass is 10.0. The van der Waals surface area contributed by atoms with E-state index in [1.165, 1.54) is 24.3 Å². The molecule has 5 nitrogen and oxygen atoms in total. The van der Waals surface area contributed by atoms with E-state index in [9.17, 15) is 14.0 Å². The third-order valence-electron chi connectivity index (χ3n) is 3.61. The predicted octanol–water partition coefficient (Wildman–Crippen LogP) is 4.66. The highest BCUT2D eigenvalue weighted by Crippen LogP contribution is 2.11. The number of anilines is 1. The molecule has 0 heterocycles. The Morgan fingerprint density at radius 2 is 1.33 bits per heavy atom. The van der Waals surface area contributed by atoms with Crippen molar-refractivity contribution >= 4 is 23.3 Å². The SMILES string of the molecule is O=C(Nc1ccc(F)cc1)ON=C(C(=O)c1ccccc1)c1ccccc1. The fourth-order valence-electron chi connectivity index (χ4n) is 2.31. The number of oxime groups is 1. The lowest BCUT2D eigenvalue weighted by Crippen LogP contribution is -2.19. The van der Waals surface area contributed by atoms with Gasteiger partial charge < -0.3 is 0 Å². The molecule has 3 aromatic carbocycles. The zero-order chi connectivity index (χ0) is 19.1. The summed E-state index contributed by atoms with van der Waals surface area (Å²) in [6, 6.07) is 22.4. The summed E-state index contributed by atoms with van der Waals surface area (Å²) >= 11 is 0. The van der Waals surface area contributed by atoms with Crippen LogP contribution in [0.15, 0.2) is 90.1 Å². The van der Waals surface area contributed by atoms with Crippen LogP contribution in [0.1, 0.15) is 15.9 Å². The molecule has 1 amide bonds. The summed E-state index contributed by atoms with van der Waals surface area (Å²) < 4.78 is 12.9. The third-order valence-corrected chi connectivity index (χ3v) is 3.61. The topological polar surface area (TPSA) is 67.8 Å². The van der Waals surface area contributed by atoms with Crippen molar-refractivity contribution in [2.24, 2.45) is 5.16 Å². The van der Waals surface area contributed by atoms with Crippen LogP contribution >= 0.6 is 0 Å². The number of amides is 1. The smallest absolute Gasteiger partial charge is 0.297 e. The van der Waals surface area contributed by atoms with E-state index in [0.717, 1.165) is 0 Å². The molecule has 0 unspecified atom stereocenters. The highest BCUT2D eigenvalue weighted by atomic mass is 19.1. The van der Waals surface area contributed by atoms with Crippen LogP contribution in [-0.2, 0) is 4.84 Å². The third kappa shape index (κ3) is 4.85. The number of benzene rings is 3. The highest BCUT2D eigenvalue weighted by Gasteiger charge is 2.18. The predicted molar refractivity (Wildman–Crippen MR) is 100 cm³/mol. The molecule has 0 fully saturated rings. The Labute approximate surface area is 155 Å². The minimum atomic E-state index is -0.893. The van der Waals surface area contributed by atoms with Crippen molar-refractivity contribution in [3.05, 3.63) is 102 Å². The van der Waals surface area contributed by atoms with Crippen molar-refractivity contribution in [1.29, 1.82) is 0 Å². The van der Waals surface area contributed by atoms with E-state index in [4.69, 9.17) is 4.84 Å². The molecule has 3 rings (SSSR count). The molecule has 134 valence electrons. The second kappa shape index (κ2) is 8.53. The number of hydrogen-bond acceptors (Lipinski definition) is 4. The highest BCUT2D eigenvalue weighted by molar-refractivity contribution is 6.51. The molecular weight excluding hydrogens is 347 g/mol. The Kier molecular flexibility index (Phi) is 5.69. The Morgan fingerprint density at radius 1 is 0.778 bits per heavy atom. The molecule has 1 N–H and O–H groups in total. The Balaban J connectivity index is 1.81. The fraction of sp³-hybridized carbons (Fsp3) is 0. The van der Waals surface area contributed by atoms with Crippen LogP contribution in [-0.4, -0.2) is 17.6 Å². The van der Waals surface area contributed by atoms with Crippen LogP contribution in [0.5, 0.6) is 0 Å². The number of hydrogen-bond donors (Lipinski definition) is 1. The van der Waals surface area contributed by atoms with Crippen molar-refractivity contribution < 1.29 is 18.8 Å². The minimum Gasteiger partial charge on any atom is -0.297 e. The van der Waals surface area contributed by atoms with Crippen molar-refractivity contribution in [1.82, 2.24) is 0 Å². The molecule has 0 saturated heterocycles. The number of carbonyl (C=O) groups is 2. The average molecular weight is 362 g/mol. The zero-order valence-electron chi connectivity index (χ0n) is 14.1. The van der Waals surface area contributed by atoms with E-state index in [-0.39, 0.29) is 11.5 Å². The van der Waals surface area contributed by atoms with Gasteiger partial charge in [-0.3, -0.25) is 14.9 Å². The minimum absolute atomic E-state index is 0.00365. The molecule has 0 atom stereocenters. The van der Waals surface area contributed by atoms with Crippen LogP contribution in [0.2, 0.25) is 0 Å². The molecule has 27 heavy (non-hydrogen) atoms. The lowest BCUT2D eigenvalue weighted by molar-refractivity contribution is 0.106. The second-order valence-electron chi connectivity index (χ2n) is 5.51. The summed E-state index contributed by atoms with van der Waals surface area (Å²) in [4.78, 5) is 29.6. The molecule has 0 bridgehead atoms. The molecule has 0 aromatic heterocycles. The van der Waals surface area contributed by atoms with Crippen LogP contribution < -0.4 is 5.32 Å². The van der Waals surface area contributed by atoms with Gasteiger partial charge in [0.2, 0.25) is 5.78 Å². The molecule has 0 spiro atoms. The van der Waals surface area contributed by atoms with Gasteiger partial charge in [-0.25, -0.2) is 9.18 Å². The van der Waals surface area contributed by atoms with E-state index in [0.29, 0.717) is 16.8 Å². The van der Waals surface area contributed by atoms with Crippen molar-refractivity contribution in [3.63, 3.8) is 0 Å². The van der Waals surface area contributed by atoms with Crippen LogP contribution in [0.4, 0.5) is 14.9 Å². The quantitative estimate of drug-likeness (QED) is 0.311. The first-order chi connectivity index (χ1) is 13.1. The van der Waals surface area contributed by atoms with E-state index >= 15 is 0 Å². The number of halogens is 1. The van der Waals surface area contributed by atoms with Crippen molar-refractivity contribution in [2.75, 3.05) is 5.32 Å². The van der Waals surface area contributed by atoms with Gasteiger partial charge in [0.05, 0.1) is 0 Å². The number of ketones is 1. The van der Waals surface area contributed by atoms with E-state index in [2.05, 4.69) is 10.5 Å². The first-order valence-electron chi connectivity index (χ1n) is 8.10. The largest absolute Gasteiger partial charge is 0.437 e. The second-order valence-corrected chi connectivity index (χ2v) is 5.51.